The van der Waals surface area contributed by atoms with Crippen molar-refractivity contribution in [3.63, 3.8) is 0 Å². The summed E-state index contributed by atoms with van der Waals surface area (Å²) in [6.07, 6.45) is 11.6. The highest BCUT2D eigenvalue weighted by Gasteiger charge is 2.39. The van der Waals surface area contributed by atoms with E-state index in [1.54, 1.807) is 58.3 Å². The normalized spacial score (nSPS) is 16.0. The third-order valence-electron chi connectivity index (χ3n) is 9.11. The third-order valence-corrected chi connectivity index (χ3v) is 16.2. The first kappa shape index (κ1) is 36.0. The maximum atomic E-state index is 13.3. The number of carbonyl (C=O) groups excluding carboxylic acids is 2. The Hall–Kier alpha value is -0.780. The molecule has 2 amide bonds. The molecule has 1 aliphatic heterocycles. The van der Waals surface area contributed by atoms with Gasteiger partial charge in [-0.1, -0.05) is 70.4 Å². The summed E-state index contributed by atoms with van der Waals surface area (Å²) in [5.41, 5.74) is 0.950. The Labute approximate surface area is 319 Å². The van der Waals surface area contributed by atoms with Crippen molar-refractivity contribution in [1.82, 2.24) is 4.90 Å². The standard InChI is InChI=1S/C36H37Br2Cl2NO2S4/c1-2-3-4-5-6-7-8-9-14-23(25-17-27-29(44-25)19-31(37)46-27)33(39)34(40)24(26-18-28-30(45-26)20-32(38)47-28)15-16-41-35(42)21-12-10-11-13-22(21)36(41)43/h10-13,17-20,23-24,33-34H,2-9,14-16H2,1H3. The Morgan fingerprint density at radius 3 is 1.57 bits per heavy atom. The molecule has 6 rings (SSSR count). The number of hydrogen-bond donors (Lipinski definition) is 0. The van der Waals surface area contributed by atoms with E-state index < -0.39 is 5.38 Å². The summed E-state index contributed by atoms with van der Waals surface area (Å²) < 4.78 is 7.20. The summed E-state index contributed by atoms with van der Waals surface area (Å²) in [5, 5.41) is -0.717. The summed E-state index contributed by atoms with van der Waals surface area (Å²) >= 11 is 29.4. The molecule has 0 spiro atoms. The Balaban J connectivity index is 1.23. The van der Waals surface area contributed by atoms with Crippen LogP contribution >= 0.6 is 100 Å². The fourth-order valence-electron chi connectivity index (χ4n) is 6.58. The number of benzene rings is 1. The largest absolute Gasteiger partial charge is 0.274 e. The molecule has 5 aromatic rings. The van der Waals surface area contributed by atoms with Crippen molar-refractivity contribution in [2.45, 2.75) is 93.7 Å². The highest BCUT2D eigenvalue weighted by molar-refractivity contribution is 9.11. The highest BCUT2D eigenvalue weighted by Crippen LogP contribution is 2.48. The van der Waals surface area contributed by atoms with E-state index in [2.05, 4.69) is 63.0 Å². The number of imide groups is 1. The molecule has 4 atom stereocenters. The van der Waals surface area contributed by atoms with Crippen molar-refractivity contribution in [2.75, 3.05) is 6.54 Å². The van der Waals surface area contributed by atoms with Gasteiger partial charge >= 0.3 is 0 Å². The van der Waals surface area contributed by atoms with Crippen LogP contribution in [-0.2, 0) is 0 Å². The van der Waals surface area contributed by atoms with Crippen LogP contribution in [0.4, 0.5) is 0 Å². The van der Waals surface area contributed by atoms with Crippen LogP contribution in [0.15, 0.2) is 56.1 Å². The van der Waals surface area contributed by atoms with E-state index in [1.165, 1.54) is 73.5 Å². The molecule has 0 fully saturated rings. The molecule has 5 heterocycles. The number of thiophene rings is 4. The number of rotatable bonds is 17. The smallest absolute Gasteiger partial charge is 0.261 e. The zero-order chi connectivity index (χ0) is 33.1. The summed E-state index contributed by atoms with van der Waals surface area (Å²) in [5.74, 6) is -0.472. The van der Waals surface area contributed by atoms with Gasteiger partial charge in [0, 0.05) is 46.9 Å². The van der Waals surface area contributed by atoms with E-state index in [1.807, 2.05) is 11.3 Å². The molecule has 0 N–H and O–H groups in total. The molecule has 0 saturated heterocycles. The number of amides is 2. The third kappa shape index (κ3) is 8.24. The van der Waals surface area contributed by atoms with Gasteiger partial charge in [-0.15, -0.1) is 68.5 Å². The predicted molar refractivity (Wildman–Crippen MR) is 213 cm³/mol. The molecule has 3 nitrogen and oxygen atoms in total. The molecule has 0 saturated carbocycles. The second-order valence-electron chi connectivity index (χ2n) is 12.3. The van der Waals surface area contributed by atoms with Gasteiger partial charge in [0.1, 0.15) is 0 Å². The fourth-order valence-corrected chi connectivity index (χ4v) is 14.0. The van der Waals surface area contributed by atoms with E-state index in [0.29, 0.717) is 24.1 Å². The van der Waals surface area contributed by atoms with E-state index in [9.17, 15) is 9.59 Å². The number of alkyl halides is 2. The van der Waals surface area contributed by atoms with Crippen molar-refractivity contribution in [1.29, 1.82) is 0 Å². The minimum atomic E-state index is -0.394. The lowest BCUT2D eigenvalue weighted by atomic mass is 9.87. The first-order valence-electron chi connectivity index (χ1n) is 16.4. The SMILES string of the molecule is CCCCCCCCCCC(c1cc2sc(Br)cc2s1)C(Cl)C(Cl)C(CCN1C(=O)c2ccccc2C1=O)c1cc2sc(Br)cc2s1. The van der Waals surface area contributed by atoms with Gasteiger partial charge in [-0.05, 0) is 81.1 Å². The Morgan fingerprint density at radius 1 is 0.638 bits per heavy atom. The summed E-state index contributed by atoms with van der Waals surface area (Å²) in [7, 11) is 0. The molecular formula is C36H37Br2Cl2NO2S4. The number of halogens is 4. The first-order valence-corrected chi connectivity index (χ1v) is 22.1. The summed E-state index contributed by atoms with van der Waals surface area (Å²) in [6.45, 7) is 2.56. The Bertz CT molecular complexity index is 1750. The first-order chi connectivity index (χ1) is 22.7. The number of nitrogens with zero attached hydrogens (tertiary/aromatic N) is 1. The van der Waals surface area contributed by atoms with Crippen molar-refractivity contribution in [3.8, 4) is 0 Å². The van der Waals surface area contributed by atoms with Crippen molar-refractivity contribution in [2.24, 2.45) is 0 Å². The predicted octanol–water partition coefficient (Wildman–Crippen LogP) is 14.1. The lowest BCUT2D eigenvalue weighted by molar-refractivity contribution is 0.0649. The van der Waals surface area contributed by atoms with Gasteiger partial charge in [-0.2, -0.15) is 0 Å². The van der Waals surface area contributed by atoms with Crippen LogP contribution in [0.2, 0.25) is 0 Å². The van der Waals surface area contributed by atoms with Gasteiger partial charge in [-0.25, -0.2) is 0 Å². The van der Waals surface area contributed by atoms with Gasteiger partial charge in [0.2, 0.25) is 0 Å². The van der Waals surface area contributed by atoms with Crippen LogP contribution in [0.1, 0.15) is 113 Å². The average molecular weight is 875 g/mol. The second kappa shape index (κ2) is 16.5. The molecule has 1 aliphatic rings. The zero-order valence-corrected chi connectivity index (χ0v) is 34.1. The minimum absolute atomic E-state index is 0.111. The summed E-state index contributed by atoms with van der Waals surface area (Å²) in [4.78, 5) is 30.4. The average Bonchev–Trinajstić information content (AvgIpc) is 3.84. The van der Waals surface area contributed by atoms with Crippen molar-refractivity contribution >= 4 is 131 Å². The van der Waals surface area contributed by atoms with Gasteiger partial charge < -0.3 is 0 Å². The van der Waals surface area contributed by atoms with E-state index >= 15 is 0 Å². The molecule has 1 aromatic carbocycles. The maximum Gasteiger partial charge on any atom is 0.261 e. The van der Waals surface area contributed by atoms with Crippen LogP contribution in [0.5, 0.6) is 0 Å². The van der Waals surface area contributed by atoms with Crippen LogP contribution in [0, 0.1) is 0 Å². The van der Waals surface area contributed by atoms with Gasteiger partial charge in [0.25, 0.3) is 11.8 Å². The minimum Gasteiger partial charge on any atom is -0.274 e. The van der Waals surface area contributed by atoms with Crippen LogP contribution < -0.4 is 0 Å². The fraction of sp³-hybridized carbons (Fsp3) is 0.444. The summed E-state index contributed by atoms with van der Waals surface area (Å²) in [6, 6.07) is 16.0. The van der Waals surface area contributed by atoms with Crippen LogP contribution in [-0.4, -0.2) is 34.0 Å². The van der Waals surface area contributed by atoms with Gasteiger partial charge in [-0.3, -0.25) is 14.5 Å². The number of carbonyl (C=O) groups is 2. The molecule has 0 aliphatic carbocycles. The lowest BCUT2D eigenvalue weighted by Crippen LogP contribution is -2.34. The van der Waals surface area contributed by atoms with Crippen LogP contribution in [0.25, 0.3) is 18.8 Å². The highest BCUT2D eigenvalue weighted by atomic mass is 79.9. The van der Waals surface area contributed by atoms with Crippen molar-refractivity contribution in [3.05, 3.63) is 77.0 Å². The van der Waals surface area contributed by atoms with Crippen molar-refractivity contribution < 1.29 is 9.59 Å². The van der Waals surface area contributed by atoms with Gasteiger partial charge in [0.05, 0.1) is 29.5 Å². The topological polar surface area (TPSA) is 37.4 Å². The number of unbranched alkanes of at least 4 members (excludes halogenated alkanes) is 7. The molecule has 4 aromatic heterocycles. The molecular weight excluding hydrogens is 837 g/mol. The Kier molecular flexibility index (Phi) is 12.6. The molecule has 0 bridgehead atoms. The number of fused-ring (bicyclic) bond motifs is 3. The van der Waals surface area contributed by atoms with Gasteiger partial charge in [0.15, 0.2) is 0 Å². The quantitative estimate of drug-likeness (QED) is 0.0530. The second-order valence-corrected chi connectivity index (χ2v) is 20.5. The zero-order valence-electron chi connectivity index (χ0n) is 26.1. The van der Waals surface area contributed by atoms with E-state index in [-0.39, 0.29) is 29.0 Å². The molecule has 4 unspecified atom stereocenters. The maximum absolute atomic E-state index is 13.3. The number of hydrogen-bond acceptors (Lipinski definition) is 6. The Morgan fingerprint density at radius 2 is 1.09 bits per heavy atom. The molecule has 11 heteroatoms. The molecule has 0 radical (unpaired) electrons. The molecule has 47 heavy (non-hydrogen) atoms. The lowest BCUT2D eigenvalue weighted by Gasteiger charge is -2.31. The molecule has 250 valence electrons. The van der Waals surface area contributed by atoms with E-state index in [4.69, 9.17) is 23.2 Å². The van der Waals surface area contributed by atoms with E-state index in [0.717, 1.165) is 25.3 Å². The van der Waals surface area contributed by atoms with Crippen LogP contribution in [0.3, 0.4) is 0 Å². The monoisotopic (exact) mass is 871 g/mol.